The summed E-state index contributed by atoms with van der Waals surface area (Å²) < 4.78 is 5.02. The van der Waals surface area contributed by atoms with Gasteiger partial charge in [0.2, 0.25) is 0 Å². The van der Waals surface area contributed by atoms with E-state index in [0.29, 0.717) is 12.5 Å². The lowest BCUT2D eigenvalue weighted by Gasteiger charge is -2.24. The Labute approximate surface area is 73.5 Å². The SMILES string of the molecule is CCOC(=O)[C@@]1(C)CNC[C@@H]1C. The topological polar surface area (TPSA) is 38.3 Å². The Bertz CT molecular complexity index is 181. The van der Waals surface area contributed by atoms with Crippen LogP contribution in [-0.2, 0) is 9.53 Å². The maximum Gasteiger partial charge on any atom is 0.313 e. The molecule has 1 saturated heterocycles. The lowest BCUT2D eigenvalue weighted by atomic mass is 9.81. The second-order valence-corrected chi connectivity index (χ2v) is 3.67. The first-order chi connectivity index (χ1) is 5.61. The molecule has 0 spiro atoms. The van der Waals surface area contributed by atoms with Crippen LogP contribution in [0.15, 0.2) is 0 Å². The summed E-state index contributed by atoms with van der Waals surface area (Å²) in [6.45, 7) is 8.02. The van der Waals surface area contributed by atoms with Gasteiger partial charge in [0.15, 0.2) is 0 Å². The van der Waals surface area contributed by atoms with Gasteiger partial charge in [-0.25, -0.2) is 0 Å². The van der Waals surface area contributed by atoms with E-state index in [1.807, 2.05) is 13.8 Å². The minimum absolute atomic E-state index is 0.0671. The number of rotatable bonds is 2. The summed E-state index contributed by atoms with van der Waals surface area (Å²) in [6, 6.07) is 0. The second-order valence-electron chi connectivity index (χ2n) is 3.67. The summed E-state index contributed by atoms with van der Waals surface area (Å²) in [4.78, 5) is 11.5. The van der Waals surface area contributed by atoms with Crippen molar-refractivity contribution >= 4 is 5.97 Å². The molecule has 1 fully saturated rings. The molecule has 0 bridgehead atoms. The van der Waals surface area contributed by atoms with Crippen molar-refractivity contribution in [1.82, 2.24) is 5.32 Å². The molecule has 1 aliphatic heterocycles. The van der Waals surface area contributed by atoms with Crippen LogP contribution in [0.25, 0.3) is 0 Å². The van der Waals surface area contributed by atoms with Gasteiger partial charge in [-0.05, 0) is 26.3 Å². The lowest BCUT2D eigenvalue weighted by molar-refractivity contribution is -0.155. The summed E-state index contributed by atoms with van der Waals surface area (Å²) in [5.41, 5.74) is -0.310. The van der Waals surface area contributed by atoms with Crippen molar-refractivity contribution in [1.29, 1.82) is 0 Å². The monoisotopic (exact) mass is 171 g/mol. The third-order valence-electron chi connectivity index (χ3n) is 2.77. The molecule has 0 aliphatic carbocycles. The molecule has 70 valence electrons. The molecule has 2 atom stereocenters. The Morgan fingerprint density at radius 1 is 1.75 bits per heavy atom. The Morgan fingerprint density at radius 2 is 2.42 bits per heavy atom. The van der Waals surface area contributed by atoms with Gasteiger partial charge < -0.3 is 10.1 Å². The maximum atomic E-state index is 11.5. The standard InChI is InChI=1S/C9H17NO2/c1-4-12-8(11)9(3)6-10-5-7(9)2/h7,10H,4-6H2,1-3H3/t7-,9-/m0/s1. The number of hydrogen-bond donors (Lipinski definition) is 1. The van der Waals surface area contributed by atoms with Crippen molar-refractivity contribution in [3.63, 3.8) is 0 Å². The summed E-state index contributed by atoms with van der Waals surface area (Å²) in [7, 11) is 0. The zero-order chi connectivity index (χ0) is 9.19. The Morgan fingerprint density at radius 3 is 2.83 bits per heavy atom. The average molecular weight is 171 g/mol. The van der Waals surface area contributed by atoms with Crippen molar-refractivity contribution in [3.05, 3.63) is 0 Å². The van der Waals surface area contributed by atoms with Crippen LogP contribution in [0.2, 0.25) is 0 Å². The number of carbonyl (C=O) groups excluding carboxylic acids is 1. The van der Waals surface area contributed by atoms with Crippen LogP contribution in [-0.4, -0.2) is 25.7 Å². The van der Waals surface area contributed by atoms with Crippen LogP contribution >= 0.6 is 0 Å². The molecular weight excluding hydrogens is 154 g/mol. The molecule has 0 radical (unpaired) electrons. The average Bonchev–Trinajstić information content (AvgIpc) is 2.34. The fourth-order valence-electron chi connectivity index (χ4n) is 1.52. The second kappa shape index (κ2) is 3.44. The molecule has 1 heterocycles. The van der Waals surface area contributed by atoms with E-state index in [1.165, 1.54) is 0 Å². The van der Waals surface area contributed by atoms with E-state index in [9.17, 15) is 4.79 Å². The van der Waals surface area contributed by atoms with Gasteiger partial charge in [0, 0.05) is 6.54 Å². The molecule has 3 heteroatoms. The largest absolute Gasteiger partial charge is 0.466 e. The molecule has 1 N–H and O–H groups in total. The van der Waals surface area contributed by atoms with Crippen molar-refractivity contribution in [2.45, 2.75) is 20.8 Å². The van der Waals surface area contributed by atoms with E-state index in [0.717, 1.165) is 13.1 Å². The Balaban J connectivity index is 2.63. The highest BCUT2D eigenvalue weighted by atomic mass is 16.5. The van der Waals surface area contributed by atoms with Gasteiger partial charge in [-0.2, -0.15) is 0 Å². The van der Waals surface area contributed by atoms with E-state index in [1.54, 1.807) is 0 Å². The van der Waals surface area contributed by atoms with Gasteiger partial charge in [-0.1, -0.05) is 6.92 Å². The number of hydrogen-bond acceptors (Lipinski definition) is 3. The normalized spacial score (nSPS) is 35.1. The molecule has 1 aliphatic rings. The van der Waals surface area contributed by atoms with Gasteiger partial charge in [-0.15, -0.1) is 0 Å². The van der Waals surface area contributed by atoms with E-state index in [4.69, 9.17) is 4.74 Å². The van der Waals surface area contributed by atoms with Crippen LogP contribution < -0.4 is 5.32 Å². The van der Waals surface area contributed by atoms with Crippen molar-refractivity contribution < 1.29 is 9.53 Å². The van der Waals surface area contributed by atoms with Gasteiger partial charge in [-0.3, -0.25) is 4.79 Å². The summed E-state index contributed by atoms with van der Waals surface area (Å²) >= 11 is 0. The van der Waals surface area contributed by atoms with E-state index in [-0.39, 0.29) is 11.4 Å². The third-order valence-corrected chi connectivity index (χ3v) is 2.77. The zero-order valence-corrected chi connectivity index (χ0v) is 8.02. The van der Waals surface area contributed by atoms with Crippen molar-refractivity contribution in [2.24, 2.45) is 11.3 Å². The molecule has 3 nitrogen and oxygen atoms in total. The molecule has 0 amide bonds. The van der Waals surface area contributed by atoms with E-state index in [2.05, 4.69) is 12.2 Å². The molecule has 0 aromatic carbocycles. The van der Waals surface area contributed by atoms with Gasteiger partial charge in [0.1, 0.15) is 0 Å². The quantitative estimate of drug-likeness (QED) is 0.624. The predicted octanol–water partition coefficient (Wildman–Crippen LogP) is 0.795. The van der Waals surface area contributed by atoms with Crippen LogP contribution in [0.5, 0.6) is 0 Å². The highest BCUT2D eigenvalue weighted by molar-refractivity contribution is 5.77. The first-order valence-electron chi connectivity index (χ1n) is 4.49. The highest BCUT2D eigenvalue weighted by Crippen LogP contribution is 2.31. The molecular formula is C9H17NO2. The minimum Gasteiger partial charge on any atom is -0.466 e. The van der Waals surface area contributed by atoms with E-state index < -0.39 is 0 Å². The molecule has 0 aromatic rings. The molecule has 0 unspecified atom stereocenters. The van der Waals surface area contributed by atoms with Crippen LogP contribution in [0.1, 0.15) is 20.8 Å². The first kappa shape index (κ1) is 9.52. The number of esters is 1. The van der Waals surface area contributed by atoms with Crippen molar-refractivity contribution in [3.8, 4) is 0 Å². The Kier molecular flexibility index (Phi) is 2.73. The lowest BCUT2D eigenvalue weighted by Crippen LogP contribution is -2.36. The highest BCUT2D eigenvalue weighted by Gasteiger charge is 2.43. The number of nitrogens with one attached hydrogen (secondary N) is 1. The van der Waals surface area contributed by atoms with Gasteiger partial charge >= 0.3 is 5.97 Å². The molecule has 1 rings (SSSR count). The van der Waals surface area contributed by atoms with Gasteiger partial charge in [0.05, 0.1) is 12.0 Å². The number of carbonyl (C=O) groups is 1. The maximum absolute atomic E-state index is 11.5. The van der Waals surface area contributed by atoms with Crippen molar-refractivity contribution in [2.75, 3.05) is 19.7 Å². The summed E-state index contributed by atoms with van der Waals surface area (Å²) in [5, 5.41) is 3.20. The zero-order valence-electron chi connectivity index (χ0n) is 8.02. The molecule has 12 heavy (non-hydrogen) atoms. The predicted molar refractivity (Wildman–Crippen MR) is 46.8 cm³/mol. The van der Waals surface area contributed by atoms with Crippen LogP contribution in [0, 0.1) is 11.3 Å². The van der Waals surface area contributed by atoms with Gasteiger partial charge in [0.25, 0.3) is 0 Å². The minimum atomic E-state index is -0.310. The summed E-state index contributed by atoms with van der Waals surface area (Å²) in [6.07, 6.45) is 0. The summed E-state index contributed by atoms with van der Waals surface area (Å²) in [5.74, 6) is 0.305. The number of ether oxygens (including phenoxy) is 1. The fourth-order valence-corrected chi connectivity index (χ4v) is 1.52. The van der Waals surface area contributed by atoms with Crippen LogP contribution in [0.3, 0.4) is 0 Å². The smallest absolute Gasteiger partial charge is 0.313 e. The first-order valence-corrected chi connectivity index (χ1v) is 4.49. The molecule has 0 saturated carbocycles. The van der Waals surface area contributed by atoms with Crippen LogP contribution in [0.4, 0.5) is 0 Å². The third kappa shape index (κ3) is 1.46. The van der Waals surface area contributed by atoms with E-state index >= 15 is 0 Å². The molecule has 0 aromatic heterocycles. The fraction of sp³-hybridized carbons (Fsp3) is 0.889. The Hall–Kier alpha value is -0.570.